The Bertz CT molecular complexity index is 1900. The van der Waals surface area contributed by atoms with Crippen molar-refractivity contribution in [2.24, 2.45) is 5.92 Å². The van der Waals surface area contributed by atoms with Gasteiger partial charge in [-0.3, -0.25) is 4.79 Å². The van der Waals surface area contributed by atoms with Gasteiger partial charge in [0.1, 0.15) is 5.56 Å². The molecule has 0 bridgehead atoms. The SMILES string of the molecule is CCCCCCCCN(CCCCCCCC)C[C@@H]1O[C@H](c2ccc(-c3cccc(CNC(=O)c4c(F)c(F)c(F)c(F)c4F)c3)cc2)O[C@H](c2ccc(CO)cc2)[C@@H]1C. The van der Waals surface area contributed by atoms with Crippen LogP contribution in [0.2, 0.25) is 0 Å². The number of hydrogen-bond donors (Lipinski definition) is 2. The minimum atomic E-state index is -2.33. The molecule has 326 valence electrons. The van der Waals surface area contributed by atoms with Crippen LogP contribution in [-0.2, 0) is 22.6 Å². The Kier molecular flexibility index (Phi) is 18.6. The van der Waals surface area contributed by atoms with E-state index in [0.717, 1.165) is 60.3 Å². The summed E-state index contributed by atoms with van der Waals surface area (Å²) in [6.45, 7) is 9.28. The van der Waals surface area contributed by atoms with Gasteiger partial charge in [0.15, 0.2) is 29.6 Å². The second kappa shape index (κ2) is 23.7. The van der Waals surface area contributed by atoms with Gasteiger partial charge in [-0.25, -0.2) is 22.0 Å². The Morgan fingerprint density at radius 3 is 1.78 bits per heavy atom. The van der Waals surface area contributed by atoms with Gasteiger partial charge >= 0.3 is 0 Å². The number of carbonyl (C=O) groups is 1. The first-order valence-corrected chi connectivity index (χ1v) is 21.8. The predicted molar refractivity (Wildman–Crippen MR) is 225 cm³/mol. The van der Waals surface area contributed by atoms with Crippen molar-refractivity contribution >= 4 is 5.91 Å². The van der Waals surface area contributed by atoms with E-state index in [1.54, 1.807) is 18.2 Å². The van der Waals surface area contributed by atoms with Gasteiger partial charge < -0.3 is 24.8 Å². The van der Waals surface area contributed by atoms with E-state index >= 15 is 0 Å². The van der Waals surface area contributed by atoms with Crippen LogP contribution in [-0.4, -0.2) is 41.7 Å². The maximum atomic E-state index is 14.2. The lowest BCUT2D eigenvalue weighted by Crippen LogP contribution is -2.45. The van der Waals surface area contributed by atoms with Crippen molar-refractivity contribution in [3.8, 4) is 11.1 Å². The smallest absolute Gasteiger partial charge is 0.257 e. The molecule has 0 unspecified atom stereocenters. The minimum Gasteiger partial charge on any atom is -0.392 e. The molecule has 0 saturated carbocycles. The molecule has 1 fully saturated rings. The fourth-order valence-corrected chi connectivity index (χ4v) is 7.88. The lowest BCUT2D eigenvalue weighted by molar-refractivity contribution is -0.276. The van der Waals surface area contributed by atoms with Crippen LogP contribution >= 0.6 is 0 Å². The zero-order valence-electron chi connectivity index (χ0n) is 35.3. The molecule has 0 aliphatic carbocycles. The lowest BCUT2D eigenvalue weighted by atomic mass is 9.89. The minimum absolute atomic E-state index is 0.0378. The van der Waals surface area contributed by atoms with Gasteiger partial charge in [-0.15, -0.1) is 0 Å². The topological polar surface area (TPSA) is 71.0 Å². The zero-order chi connectivity index (χ0) is 43.0. The number of aliphatic hydroxyl groups is 1. The van der Waals surface area contributed by atoms with Crippen LogP contribution < -0.4 is 5.32 Å². The molecule has 1 aliphatic rings. The average molecular weight is 837 g/mol. The van der Waals surface area contributed by atoms with E-state index in [0.29, 0.717) is 5.56 Å². The Morgan fingerprint density at radius 2 is 1.20 bits per heavy atom. The Morgan fingerprint density at radius 1 is 0.650 bits per heavy atom. The number of halogens is 5. The highest BCUT2D eigenvalue weighted by Crippen LogP contribution is 2.42. The summed E-state index contributed by atoms with van der Waals surface area (Å²) in [5.41, 5.74) is 3.34. The summed E-state index contributed by atoms with van der Waals surface area (Å²) < 4.78 is 83.0. The molecule has 0 spiro atoms. The van der Waals surface area contributed by atoms with Crippen LogP contribution in [0.25, 0.3) is 11.1 Å². The maximum Gasteiger partial charge on any atom is 0.257 e. The van der Waals surface area contributed by atoms with Gasteiger partial charge in [0.2, 0.25) is 5.82 Å². The molecule has 4 aromatic rings. The Labute approximate surface area is 352 Å². The van der Waals surface area contributed by atoms with Crippen LogP contribution in [0, 0.1) is 35.0 Å². The number of hydrogen-bond acceptors (Lipinski definition) is 5. The van der Waals surface area contributed by atoms with Crippen LogP contribution in [0.1, 0.15) is 143 Å². The van der Waals surface area contributed by atoms with Crippen molar-refractivity contribution in [2.75, 3.05) is 19.6 Å². The third-order valence-corrected chi connectivity index (χ3v) is 11.6. The molecule has 0 radical (unpaired) electrons. The van der Waals surface area contributed by atoms with Crippen LogP contribution in [0.3, 0.4) is 0 Å². The number of ether oxygens (including phenoxy) is 2. The van der Waals surface area contributed by atoms with Crippen molar-refractivity contribution in [3.05, 3.63) is 130 Å². The molecule has 0 aromatic heterocycles. The van der Waals surface area contributed by atoms with Crippen molar-refractivity contribution in [1.29, 1.82) is 0 Å². The maximum absolute atomic E-state index is 14.2. The van der Waals surface area contributed by atoms with Gasteiger partial charge in [0, 0.05) is 24.6 Å². The van der Waals surface area contributed by atoms with E-state index in [9.17, 15) is 31.9 Å². The molecule has 6 nitrogen and oxygen atoms in total. The highest BCUT2D eigenvalue weighted by molar-refractivity contribution is 5.94. The van der Waals surface area contributed by atoms with E-state index in [-0.39, 0.29) is 31.3 Å². The highest BCUT2D eigenvalue weighted by Gasteiger charge is 2.39. The second-order valence-electron chi connectivity index (χ2n) is 16.1. The second-order valence-corrected chi connectivity index (χ2v) is 16.1. The molecule has 11 heteroatoms. The van der Waals surface area contributed by atoms with Gasteiger partial charge in [0.05, 0.1) is 18.8 Å². The predicted octanol–water partition coefficient (Wildman–Crippen LogP) is 12.3. The third kappa shape index (κ3) is 12.7. The number of rotatable bonds is 23. The Hall–Kier alpha value is -4.16. The summed E-state index contributed by atoms with van der Waals surface area (Å²) in [4.78, 5) is 15.2. The summed E-state index contributed by atoms with van der Waals surface area (Å²) in [6, 6.07) is 22.8. The summed E-state index contributed by atoms with van der Waals surface area (Å²) in [7, 11) is 0. The molecule has 1 heterocycles. The molecule has 2 N–H and O–H groups in total. The van der Waals surface area contributed by atoms with Crippen molar-refractivity contribution in [1.82, 2.24) is 10.2 Å². The van der Waals surface area contributed by atoms with E-state index in [4.69, 9.17) is 9.47 Å². The quantitative estimate of drug-likeness (QED) is 0.0337. The number of carbonyl (C=O) groups excluding carboxylic acids is 1. The molecule has 1 amide bonds. The fourth-order valence-electron chi connectivity index (χ4n) is 7.88. The van der Waals surface area contributed by atoms with Crippen molar-refractivity contribution in [3.63, 3.8) is 0 Å². The molecule has 4 aromatic carbocycles. The number of amides is 1. The number of nitrogens with zero attached hydrogens (tertiary/aromatic N) is 1. The first-order chi connectivity index (χ1) is 29.1. The first-order valence-electron chi connectivity index (χ1n) is 21.8. The monoisotopic (exact) mass is 836 g/mol. The average Bonchev–Trinajstić information content (AvgIpc) is 3.27. The number of aliphatic hydroxyl groups excluding tert-OH is 1. The molecule has 1 aliphatic heterocycles. The van der Waals surface area contributed by atoms with Gasteiger partial charge in [0.25, 0.3) is 5.91 Å². The summed E-state index contributed by atoms with van der Waals surface area (Å²) in [5.74, 6) is -12.4. The van der Waals surface area contributed by atoms with E-state index in [1.165, 1.54) is 64.2 Å². The standard InChI is InChI=1S/C49H61F5N2O4/c1-4-6-8-10-12-14-27-56(28-15-13-11-9-7-5-2)31-40-33(3)47(37-21-19-34(32-57)20-22-37)60-49(59-40)38-25-23-36(24-26-38)39-18-16-17-35(29-39)30-55-48(58)41-42(50)44(52)46(54)45(53)43(41)51/h16-26,29,33,40,47,49,57H,4-15,27-28,30-32H2,1-3H3,(H,55,58)/t33-,40+,47+,49+/m1/s1. The zero-order valence-corrected chi connectivity index (χ0v) is 35.3. The normalized spacial score (nSPS) is 18.0. The molecule has 4 atom stereocenters. The fraction of sp³-hybridized carbons (Fsp3) is 0.490. The van der Waals surface area contributed by atoms with Crippen LogP contribution in [0.4, 0.5) is 22.0 Å². The van der Waals surface area contributed by atoms with Gasteiger partial charge in [-0.1, -0.05) is 152 Å². The molecule has 1 saturated heterocycles. The van der Waals surface area contributed by atoms with E-state index in [2.05, 4.69) is 31.0 Å². The van der Waals surface area contributed by atoms with Crippen molar-refractivity contribution in [2.45, 2.75) is 129 Å². The Balaban J connectivity index is 1.31. The van der Waals surface area contributed by atoms with Crippen molar-refractivity contribution < 1.29 is 41.3 Å². The summed E-state index contributed by atoms with van der Waals surface area (Å²) in [5, 5.41) is 12.0. The number of nitrogens with one attached hydrogen (secondary N) is 1. The van der Waals surface area contributed by atoms with Gasteiger partial charge in [-0.2, -0.15) is 0 Å². The first kappa shape index (κ1) is 46.9. The third-order valence-electron chi connectivity index (χ3n) is 11.6. The lowest BCUT2D eigenvalue weighted by Gasteiger charge is -2.43. The van der Waals surface area contributed by atoms with Crippen LogP contribution in [0.15, 0.2) is 72.8 Å². The van der Waals surface area contributed by atoms with E-state index in [1.807, 2.05) is 54.6 Å². The molecule has 5 rings (SSSR count). The summed E-state index contributed by atoms with van der Waals surface area (Å²) in [6.07, 6.45) is 13.9. The molecular weight excluding hydrogens is 776 g/mol. The summed E-state index contributed by atoms with van der Waals surface area (Å²) >= 11 is 0. The van der Waals surface area contributed by atoms with E-state index < -0.39 is 46.8 Å². The number of benzene rings is 4. The molecule has 60 heavy (non-hydrogen) atoms. The highest BCUT2D eigenvalue weighted by atomic mass is 19.2. The van der Waals surface area contributed by atoms with Gasteiger partial charge in [-0.05, 0) is 59.8 Å². The van der Waals surface area contributed by atoms with Crippen LogP contribution in [0.5, 0.6) is 0 Å². The molecular formula is C49H61F5N2O4. The number of unbranched alkanes of at least 4 members (excludes halogenated alkanes) is 10. The largest absolute Gasteiger partial charge is 0.392 e.